The normalized spacial score (nSPS) is 22.6. The van der Waals surface area contributed by atoms with E-state index >= 15 is 0 Å². The molecule has 1 fully saturated rings. The number of amides is 1. The van der Waals surface area contributed by atoms with Gasteiger partial charge < -0.3 is 15.5 Å². The number of hydrogen-bond acceptors (Lipinski definition) is 3. The molecule has 0 radical (unpaired) electrons. The van der Waals surface area contributed by atoms with E-state index in [0.717, 1.165) is 26.2 Å². The summed E-state index contributed by atoms with van der Waals surface area (Å²) in [6, 6.07) is 0.274. The number of likely N-dealkylation sites (tertiary alicyclic amines) is 1. The standard InChI is InChI=1S/C13H27N3O/c1-4-14-11(3)8-13(17)15-9-12-6-7-16(5-2)10-12/h11-12,14H,4-10H2,1-3H3,(H,15,17). The first-order chi connectivity index (χ1) is 8.15. The molecule has 1 aliphatic rings. The van der Waals surface area contributed by atoms with Crippen molar-refractivity contribution in [2.75, 3.05) is 32.7 Å². The zero-order valence-corrected chi connectivity index (χ0v) is 11.5. The highest BCUT2D eigenvalue weighted by atomic mass is 16.1. The lowest BCUT2D eigenvalue weighted by Gasteiger charge is -2.15. The molecule has 1 aliphatic heterocycles. The summed E-state index contributed by atoms with van der Waals surface area (Å²) in [6.07, 6.45) is 1.80. The SMILES string of the molecule is CCNC(C)CC(=O)NCC1CCN(CC)C1. The van der Waals surface area contributed by atoms with Crippen LogP contribution in [0.5, 0.6) is 0 Å². The van der Waals surface area contributed by atoms with Crippen molar-refractivity contribution in [3.05, 3.63) is 0 Å². The van der Waals surface area contributed by atoms with Crippen LogP contribution in [0.4, 0.5) is 0 Å². The highest BCUT2D eigenvalue weighted by Gasteiger charge is 2.21. The highest BCUT2D eigenvalue weighted by Crippen LogP contribution is 2.14. The van der Waals surface area contributed by atoms with E-state index in [1.807, 2.05) is 0 Å². The monoisotopic (exact) mass is 241 g/mol. The van der Waals surface area contributed by atoms with Crippen molar-refractivity contribution in [2.24, 2.45) is 5.92 Å². The fourth-order valence-electron chi connectivity index (χ4n) is 2.40. The summed E-state index contributed by atoms with van der Waals surface area (Å²) in [5.74, 6) is 0.821. The van der Waals surface area contributed by atoms with E-state index in [9.17, 15) is 4.79 Å². The Hall–Kier alpha value is -0.610. The van der Waals surface area contributed by atoms with Crippen molar-refractivity contribution in [3.8, 4) is 0 Å². The van der Waals surface area contributed by atoms with Crippen molar-refractivity contribution in [3.63, 3.8) is 0 Å². The molecule has 0 aliphatic carbocycles. The maximum Gasteiger partial charge on any atom is 0.221 e. The molecule has 0 aromatic carbocycles. The van der Waals surface area contributed by atoms with E-state index < -0.39 is 0 Å². The van der Waals surface area contributed by atoms with Gasteiger partial charge in [0.05, 0.1) is 0 Å². The first-order valence-corrected chi connectivity index (χ1v) is 6.88. The Bertz CT molecular complexity index is 233. The zero-order chi connectivity index (χ0) is 12.7. The summed E-state index contributed by atoms with van der Waals surface area (Å²) in [7, 11) is 0. The molecular formula is C13H27N3O. The van der Waals surface area contributed by atoms with E-state index in [1.54, 1.807) is 0 Å². The van der Waals surface area contributed by atoms with E-state index in [0.29, 0.717) is 12.3 Å². The summed E-state index contributed by atoms with van der Waals surface area (Å²) in [6.45, 7) is 11.5. The predicted molar refractivity (Wildman–Crippen MR) is 71.0 cm³/mol. The lowest BCUT2D eigenvalue weighted by Crippen LogP contribution is -2.36. The van der Waals surface area contributed by atoms with Gasteiger partial charge in [0.1, 0.15) is 0 Å². The average Bonchev–Trinajstić information content (AvgIpc) is 2.74. The van der Waals surface area contributed by atoms with Crippen LogP contribution in [0.1, 0.15) is 33.6 Å². The van der Waals surface area contributed by atoms with E-state index in [-0.39, 0.29) is 11.9 Å². The molecule has 1 saturated heterocycles. The third-order valence-electron chi connectivity index (χ3n) is 3.45. The third-order valence-corrected chi connectivity index (χ3v) is 3.45. The second-order valence-corrected chi connectivity index (χ2v) is 5.01. The van der Waals surface area contributed by atoms with Gasteiger partial charge in [-0.2, -0.15) is 0 Å². The first kappa shape index (κ1) is 14.5. The van der Waals surface area contributed by atoms with Crippen LogP contribution in [-0.2, 0) is 4.79 Å². The largest absolute Gasteiger partial charge is 0.356 e. The quantitative estimate of drug-likeness (QED) is 0.694. The minimum Gasteiger partial charge on any atom is -0.356 e. The number of carbonyl (C=O) groups excluding carboxylic acids is 1. The Labute approximate surface area is 105 Å². The molecule has 100 valence electrons. The molecular weight excluding hydrogens is 214 g/mol. The van der Waals surface area contributed by atoms with Gasteiger partial charge in [-0.1, -0.05) is 13.8 Å². The molecule has 0 spiro atoms. The summed E-state index contributed by atoms with van der Waals surface area (Å²) >= 11 is 0. The average molecular weight is 241 g/mol. The van der Waals surface area contributed by atoms with Crippen molar-refractivity contribution >= 4 is 5.91 Å². The molecule has 2 atom stereocenters. The Morgan fingerprint density at radius 3 is 2.82 bits per heavy atom. The Balaban J connectivity index is 2.12. The molecule has 4 nitrogen and oxygen atoms in total. The van der Waals surface area contributed by atoms with Gasteiger partial charge in [0.2, 0.25) is 5.91 Å². The second-order valence-electron chi connectivity index (χ2n) is 5.01. The van der Waals surface area contributed by atoms with Crippen molar-refractivity contribution in [2.45, 2.75) is 39.7 Å². The van der Waals surface area contributed by atoms with Gasteiger partial charge in [-0.25, -0.2) is 0 Å². The molecule has 0 aromatic heterocycles. The molecule has 2 N–H and O–H groups in total. The van der Waals surface area contributed by atoms with Gasteiger partial charge in [0.25, 0.3) is 0 Å². The fraction of sp³-hybridized carbons (Fsp3) is 0.923. The Morgan fingerprint density at radius 2 is 2.24 bits per heavy atom. The molecule has 1 amide bonds. The zero-order valence-electron chi connectivity index (χ0n) is 11.5. The molecule has 1 heterocycles. The lowest BCUT2D eigenvalue weighted by atomic mass is 10.1. The number of nitrogens with one attached hydrogen (secondary N) is 2. The second kappa shape index (κ2) is 7.67. The molecule has 17 heavy (non-hydrogen) atoms. The summed E-state index contributed by atoms with van der Waals surface area (Å²) in [5.41, 5.74) is 0. The first-order valence-electron chi connectivity index (χ1n) is 6.88. The van der Waals surface area contributed by atoms with Crippen molar-refractivity contribution < 1.29 is 4.79 Å². The molecule has 2 unspecified atom stereocenters. The number of nitrogens with zero attached hydrogens (tertiary/aromatic N) is 1. The van der Waals surface area contributed by atoms with Crippen LogP contribution in [0.3, 0.4) is 0 Å². The predicted octanol–water partition coefficient (Wildman–Crippen LogP) is 0.833. The van der Waals surface area contributed by atoms with E-state index in [1.165, 1.54) is 13.0 Å². The topological polar surface area (TPSA) is 44.4 Å². The molecule has 1 rings (SSSR count). The number of hydrogen-bond donors (Lipinski definition) is 2. The molecule has 0 bridgehead atoms. The maximum atomic E-state index is 11.7. The smallest absolute Gasteiger partial charge is 0.221 e. The minimum absolute atomic E-state index is 0.174. The van der Waals surface area contributed by atoms with Gasteiger partial charge in [0, 0.05) is 25.6 Å². The fourth-order valence-corrected chi connectivity index (χ4v) is 2.40. The van der Waals surface area contributed by atoms with Gasteiger partial charge in [-0.3, -0.25) is 4.79 Å². The third kappa shape index (κ3) is 5.50. The summed E-state index contributed by atoms with van der Waals surface area (Å²) in [4.78, 5) is 14.1. The summed E-state index contributed by atoms with van der Waals surface area (Å²) < 4.78 is 0. The number of rotatable bonds is 7. The molecule has 0 saturated carbocycles. The van der Waals surface area contributed by atoms with Gasteiger partial charge in [-0.15, -0.1) is 0 Å². The highest BCUT2D eigenvalue weighted by molar-refractivity contribution is 5.76. The maximum absolute atomic E-state index is 11.7. The van der Waals surface area contributed by atoms with Gasteiger partial charge in [0.15, 0.2) is 0 Å². The summed E-state index contributed by atoms with van der Waals surface area (Å²) in [5, 5.41) is 6.30. The lowest BCUT2D eigenvalue weighted by molar-refractivity contribution is -0.121. The molecule has 4 heteroatoms. The van der Waals surface area contributed by atoms with Gasteiger partial charge in [-0.05, 0) is 38.9 Å². The van der Waals surface area contributed by atoms with Crippen molar-refractivity contribution in [1.29, 1.82) is 0 Å². The molecule has 0 aromatic rings. The van der Waals surface area contributed by atoms with Crippen LogP contribution >= 0.6 is 0 Å². The van der Waals surface area contributed by atoms with E-state index in [2.05, 4.69) is 36.3 Å². The number of carbonyl (C=O) groups is 1. The minimum atomic E-state index is 0.174. The van der Waals surface area contributed by atoms with Crippen LogP contribution < -0.4 is 10.6 Å². The Kier molecular flexibility index (Phi) is 6.52. The van der Waals surface area contributed by atoms with Gasteiger partial charge >= 0.3 is 0 Å². The van der Waals surface area contributed by atoms with Crippen LogP contribution in [-0.4, -0.2) is 49.6 Å². The van der Waals surface area contributed by atoms with E-state index in [4.69, 9.17) is 0 Å². The van der Waals surface area contributed by atoms with Crippen molar-refractivity contribution in [1.82, 2.24) is 15.5 Å². The van der Waals surface area contributed by atoms with Crippen LogP contribution in [0.15, 0.2) is 0 Å². The van der Waals surface area contributed by atoms with Crippen LogP contribution in [0.2, 0.25) is 0 Å². The van der Waals surface area contributed by atoms with Crippen LogP contribution in [0.25, 0.3) is 0 Å². The van der Waals surface area contributed by atoms with Crippen LogP contribution in [0, 0.1) is 5.92 Å². The Morgan fingerprint density at radius 1 is 1.47 bits per heavy atom.